The Balaban J connectivity index is 1.46. The summed E-state index contributed by atoms with van der Waals surface area (Å²) in [5.41, 5.74) is 0.806. The molecule has 0 atom stereocenters. The molecule has 5 rings (SSSR count). The molecule has 5 aromatic rings. The molecule has 0 spiro atoms. The van der Waals surface area contributed by atoms with E-state index in [-0.39, 0.29) is 41.7 Å². The van der Waals surface area contributed by atoms with Crippen LogP contribution >= 0.6 is 0 Å². The number of esters is 1. The molecule has 0 fully saturated rings. The van der Waals surface area contributed by atoms with Crippen molar-refractivity contribution in [2.45, 2.75) is 32.9 Å². The van der Waals surface area contributed by atoms with Gasteiger partial charge in [0, 0.05) is 18.2 Å². The highest BCUT2D eigenvalue weighted by molar-refractivity contribution is 5.98. The van der Waals surface area contributed by atoms with E-state index in [9.17, 15) is 18.8 Å². The Hall–Kier alpha value is -5.98. The zero-order valence-corrected chi connectivity index (χ0v) is 26.8. The average molecular weight is 656 g/mol. The number of anilines is 1. The molecule has 0 radical (unpaired) electrons. The zero-order valence-electron chi connectivity index (χ0n) is 26.8. The van der Waals surface area contributed by atoms with Crippen LogP contribution in [0.4, 0.5) is 14.9 Å². The molecule has 12 nitrogen and oxygen atoms in total. The van der Waals surface area contributed by atoms with Crippen LogP contribution in [0.1, 0.15) is 35.3 Å². The fraction of sp³-hybridized carbons (Fsp3) is 0.229. The van der Waals surface area contributed by atoms with Gasteiger partial charge in [0.25, 0.3) is 0 Å². The summed E-state index contributed by atoms with van der Waals surface area (Å²) in [6.45, 7) is 3.69. The van der Waals surface area contributed by atoms with E-state index in [0.29, 0.717) is 21.5 Å². The van der Waals surface area contributed by atoms with Crippen molar-refractivity contribution in [1.29, 1.82) is 0 Å². The van der Waals surface area contributed by atoms with Crippen molar-refractivity contribution >= 4 is 17.7 Å². The molecule has 0 aliphatic carbocycles. The van der Waals surface area contributed by atoms with Crippen molar-refractivity contribution in [2.75, 3.05) is 25.7 Å². The number of carbonyl (C=O) groups excluding carboxylic acids is 2. The number of nitrogens with zero attached hydrogens (tertiary/aromatic N) is 5. The number of methoxy groups -OCH3 is 2. The van der Waals surface area contributed by atoms with Crippen LogP contribution in [-0.2, 0) is 17.8 Å². The topological polar surface area (TPSA) is 127 Å². The lowest BCUT2D eigenvalue weighted by Gasteiger charge is -2.26. The maximum absolute atomic E-state index is 14.7. The summed E-state index contributed by atoms with van der Waals surface area (Å²) in [4.78, 5) is 42.0. The third kappa shape index (κ3) is 7.35. The van der Waals surface area contributed by atoms with Crippen LogP contribution in [0, 0.1) is 5.82 Å². The van der Waals surface area contributed by atoms with Crippen LogP contribution in [0.5, 0.6) is 17.2 Å². The number of hydrogen-bond acceptors (Lipinski definition) is 9. The number of benzene rings is 4. The number of rotatable bonds is 12. The predicted molar refractivity (Wildman–Crippen MR) is 175 cm³/mol. The highest BCUT2D eigenvalue weighted by atomic mass is 19.1. The van der Waals surface area contributed by atoms with Crippen molar-refractivity contribution in [3.8, 4) is 22.9 Å². The second-order valence-corrected chi connectivity index (χ2v) is 10.8. The minimum absolute atomic E-state index is 0.0259. The number of tetrazole rings is 1. The van der Waals surface area contributed by atoms with Gasteiger partial charge in [-0.15, -0.1) is 4.68 Å². The standard InChI is InChI=1S/C35H34FN5O7/c1-23(2)39(34(43)41-35(44)40(37-38-41)32-29(36)11-8-12-31(32)46-4)26-15-18-30(47-20-19-24-9-6-5-7-10-24)28(21-26)33(42)48-22-25-13-16-27(45-3)17-14-25/h5-18,21,23H,19-20,22H2,1-4H3. The first-order chi connectivity index (χ1) is 23.2. The molecular formula is C35H34FN5O7. The molecule has 0 bridgehead atoms. The zero-order chi connectivity index (χ0) is 34.2. The number of para-hydroxylation sites is 1. The second-order valence-electron chi connectivity index (χ2n) is 10.8. The van der Waals surface area contributed by atoms with E-state index in [0.717, 1.165) is 17.2 Å². The summed E-state index contributed by atoms with van der Waals surface area (Å²) in [5.74, 6) is -0.540. The number of halogens is 1. The molecule has 0 aliphatic rings. The third-order valence-corrected chi connectivity index (χ3v) is 7.35. The van der Waals surface area contributed by atoms with Gasteiger partial charge in [0.1, 0.15) is 35.1 Å². The molecule has 13 heteroatoms. The number of hydrogen-bond donors (Lipinski definition) is 0. The first kappa shape index (κ1) is 33.4. The lowest BCUT2D eigenvalue weighted by molar-refractivity contribution is 0.0468. The van der Waals surface area contributed by atoms with E-state index in [1.54, 1.807) is 57.4 Å². The van der Waals surface area contributed by atoms with Crippen LogP contribution in [-0.4, -0.2) is 58.7 Å². The summed E-state index contributed by atoms with van der Waals surface area (Å²) in [6.07, 6.45) is 0.588. The highest BCUT2D eigenvalue weighted by Gasteiger charge is 2.28. The van der Waals surface area contributed by atoms with Gasteiger partial charge in [0.05, 0.1) is 20.8 Å². The van der Waals surface area contributed by atoms with Gasteiger partial charge >= 0.3 is 17.7 Å². The maximum Gasteiger partial charge on any atom is 0.377 e. The Labute approximate surface area is 275 Å². The lowest BCUT2D eigenvalue weighted by atomic mass is 10.1. The SMILES string of the molecule is COc1ccc(COC(=O)c2cc(N(C(=O)n3nnn(-c4c(F)cccc4OC)c3=O)C(C)C)ccc2OCCc2ccccc2)cc1. The van der Waals surface area contributed by atoms with Gasteiger partial charge in [-0.2, -0.15) is 4.68 Å². The Morgan fingerprint density at radius 2 is 1.60 bits per heavy atom. The Morgan fingerprint density at radius 1 is 0.854 bits per heavy atom. The number of amides is 1. The fourth-order valence-corrected chi connectivity index (χ4v) is 4.93. The molecule has 248 valence electrons. The van der Waals surface area contributed by atoms with E-state index in [4.69, 9.17) is 18.9 Å². The summed E-state index contributed by atoms with van der Waals surface area (Å²) >= 11 is 0. The van der Waals surface area contributed by atoms with Crippen LogP contribution in [0.25, 0.3) is 5.69 Å². The van der Waals surface area contributed by atoms with E-state index in [1.807, 2.05) is 30.3 Å². The summed E-state index contributed by atoms with van der Waals surface area (Å²) in [5, 5.41) is 7.48. The Bertz CT molecular complexity index is 1940. The van der Waals surface area contributed by atoms with Crippen LogP contribution in [0.3, 0.4) is 0 Å². The minimum Gasteiger partial charge on any atom is -0.497 e. The van der Waals surface area contributed by atoms with Crippen molar-refractivity contribution in [3.63, 3.8) is 0 Å². The van der Waals surface area contributed by atoms with E-state index >= 15 is 0 Å². The average Bonchev–Trinajstić information content (AvgIpc) is 3.48. The van der Waals surface area contributed by atoms with Crippen molar-refractivity contribution in [3.05, 3.63) is 124 Å². The van der Waals surface area contributed by atoms with E-state index in [1.165, 1.54) is 30.2 Å². The maximum atomic E-state index is 14.7. The molecular weight excluding hydrogens is 621 g/mol. The van der Waals surface area contributed by atoms with Gasteiger partial charge in [-0.1, -0.05) is 48.5 Å². The monoisotopic (exact) mass is 655 g/mol. The Morgan fingerprint density at radius 3 is 2.29 bits per heavy atom. The van der Waals surface area contributed by atoms with Crippen molar-refractivity contribution in [2.24, 2.45) is 0 Å². The van der Waals surface area contributed by atoms with Gasteiger partial charge in [0.2, 0.25) is 0 Å². The van der Waals surface area contributed by atoms with E-state index in [2.05, 4.69) is 10.4 Å². The van der Waals surface area contributed by atoms with Crippen molar-refractivity contribution < 1.29 is 32.9 Å². The van der Waals surface area contributed by atoms with Crippen LogP contribution in [0.15, 0.2) is 95.8 Å². The van der Waals surface area contributed by atoms with E-state index < -0.39 is 29.5 Å². The lowest BCUT2D eigenvalue weighted by Crippen LogP contribution is -2.44. The molecule has 0 unspecified atom stereocenters. The number of aromatic nitrogens is 4. The molecule has 1 amide bonds. The quantitative estimate of drug-likeness (QED) is 0.127. The minimum atomic E-state index is -1.02. The number of ether oxygens (including phenoxy) is 4. The smallest absolute Gasteiger partial charge is 0.377 e. The molecule has 0 N–H and O–H groups in total. The van der Waals surface area contributed by atoms with Gasteiger partial charge < -0.3 is 18.9 Å². The molecule has 4 aromatic carbocycles. The summed E-state index contributed by atoms with van der Waals surface area (Å²) < 4.78 is 38.0. The first-order valence-corrected chi connectivity index (χ1v) is 15.0. The van der Waals surface area contributed by atoms with Gasteiger partial charge in [-0.3, -0.25) is 4.90 Å². The van der Waals surface area contributed by atoms with Gasteiger partial charge in [-0.25, -0.2) is 18.8 Å². The summed E-state index contributed by atoms with van der Waals surface area (Å²) in [7, 11) is 2.87. The van der Waals surface area contributed by atoms with Crippen molar-refractivity contribution in [1.82, 2.24) is 19.8 Å². The third-order valence-electron chi connectivity index (χ3n) is 7.35. The molecule has 0 saturated heterocycles. The Kier molecular flexibility index (Phi) is 10.5. The highest BCUT2D eigenvalue weighted by Crippen LogP contribution is 2.29. The normalized spacial score (nSPS) is 10.9. The second kappa shape index (κ2) is 15.1. The fourth-order valence-electron chi connectivity index (χ4n) is 4.93. The number of carbonyl (C=O) groups is 2. The molecule has 1 aromatic heterocycles. The van der Waals surface area contributed by atoms with Crippen LogP contribution < -0.4 is 24.8 Å². The van der Waals surface area contributed by atoms with Gasteiger partial charge in [0.15, 0.2) is 5.82 Å². The molecule has 0 saturated carbocycles. The molecule has 1 heterocycles. The summed E-state index contributed by atoms with van der Waals surface area (Å²) in [6, 6.07) is 24.0. The largest absolute Gasteiger partial charge is 0.497 e. The first-order valence-electron chi connectivity index (χ1n) is 15.0. The van der Waals surface area contributed by atoms with Crippen LogP contribution in [0.2, 0.25) is 0 Å². The predicted octanol–water partition coefficient (Wildman–Crippen LogP) is 5.45. The van der Waals surface area contributed by atoms with Gasteiger partial charge in [-0.05, 0) is 77.9 Å². The molecule has 0 aliphatic heterocycles. The molecule has 48 heavy (non-hydrogen) atoms.